The van der Waals surface area contributed by atoms with E-state index in [9.17, 15) is 9.18 Å². The van der Waals surface area contributed by atoms with Gasteiger partial charge in [0.15, 0.2) is 0 Å². The Morgan fingerprint density at radius 3 is 2.90 bits per heavy atom. The Hall–Kier alpha value is -2.69. The number of halogens is 1. The number of carbonyl (C=O) groups is 1. The number of aromatic nitrogens is 2. The molecule has 0 aliphatic heterocycles. The number of nitrogens with zero attached hydrogens (tertiary/aromatic N) is 2. The van der Waals surface area contributed by atoms with Gasteiger partial charge in [0.2, 0.25) is 0 Å². The van der Waals surface area contributed by atoms with Gasteiger partial charge in [0.25, 0.3) is 0 Å². The summed E-state index contributed by atoms with van der Waals surface area (Å²) in [7, 11) is 1.77. The summed E-state index contributed by atoms with van der Waals surface area (Å²) in [6, 6.07) is 9.72. The summed E-state index contributed by atoms with van der Waals surface area (Å²) in [5.41, 5.74) is 1.65. The minimum absolute atomic E-state index is 0.0534. The van der Waals surface area contributed by atoms with Crippen molar-refractivity contribution in [1.29, 1.82) is 0 Å². The molecule has 0 aliphatic rings. The number of aryl methyl sites for hydroxylation is 1. The molecule has 4 nitrogen and oxygen atoms in total. The number of pyridine rings is 1. The highest BCUT2D eigenvalue weighted by Crippen LogP contribution is 2.20. The van der Waals surface area contributed by atoms with Crippen LogP contribution in [0, 0.1) is 5.82 Å². The van der Waals surface area contributed by atoms with Gasteiger partial charge in [0.1, 0.15) is 18.1 Å². The molecule has 21 heavy (non-hydrogen) atoms. The molecule has 5 heteroatoms. The Labute approximate surface area is 120 Å². The van der Waals surface area contributed by atoms with E-state index in [0.29, 0.717) is 22.2 Å². The molecule has 0 saturated carbocycles. The fourth-order valence-electron chi connectivity index (χ4n) is 2.20. The van der Waals surface area contributed by atoms with Crippen LogP contribution in [0.2, 0.25) is 0 Å². The first kappa shape index (κ1) is 13.3. The fourth-order valence-corrected chi connectivity index (χ4v) is 2.20. The second-order valence-electron chi connectivity index (χ2n) is 4.69. The molecular formula is C16H13FN2O2. The Morgan fingerprint density at radius 2 is 2.14 bits per heavy atom. The van der Waals surface area contributed by atoms with E-state index in [4.69, 9.17) is 4.74 Å². The third-order valence-corrected chi connectivity index (χ3v) is 3.31. The summed E-state index contributed by atoms with van der Waals surface area (Å²) in [6.07, 6.45) is 3.36. The van der Waals surface area contributed by atoms with Crippen LogP contribution in [-0.2, 0) is 18.4 Å². The van der Waals surface area contributed by atoms with Crippen molar-refractivity contribution in [3.8, 4) is 0 Å². The molecule has 3 rings (SSSR count). The van der Waals surface area contributed by atoms with Crippen LogP contribution in [0.5, 0.6) is 0 Å². The molecule has 0 fully saturated rings. The molecule has 0 saturated heterocycles. The number of hydrogen-bond acceptors (Lipinski definition) is 3. The molecule has 3 aromatic rings. The van der Waals surface area contributed by atoms with Crippen LogP contribution in [-0.4, -0.2) is 15.5 Å². The topological polar surface area (TPSA) is 44.1 Å². The standard InChI is InChI=1S/C16H13FN2O2/c1-19-9-3-5-14(19)16(20)21-10-11-6-7-13(17)12-4-2-8-18-15(11)12/h2-9H,10H2,1H3. The van der Waals surface area contributed by atoms with Gasteiger partial charge in [-0.1, -0.05) is 6.07 Å². The van der Waals surface area contributed by atoms with E-state index in [-0.39, 0.29) is 12.4 Å². The minimum Gasteiger partial charge on any atom is -0.456 e. The Kier molecular flexibility index (Phi) is 3.39. The third kappa shape index (κ3) is 2.50. The van der Waals surface area contributed by atoms with E-state index >= 15 is 0 Å². The van der Waals surface area contributed by atoms with Gasteiger partial charge in [-0.2, -0.15) is 0 Å². The number of carbonyl (C=O) groups excluding carboxylic acids is 1. The van der Waals surface area contributed by atoms with Crippen molar-refractivity contribution >= 4 is 16.9 Å². The highest BCUT2D eigenvalue weighted by Gasteiger charge is 2.12. The molecule has 106 valence electrons. The van der Waals surface area contributed by atoms with E-state index < -0.39 is 5.97 Å². The van der Waals surface area contributed by atoms with Crippen LogP contribution in [0.25, 0.3) is 10.9 Å². The van der Waals surface area contributed by atoms with Crippen molar-refractivity contribution in [2.75, 3.05) is 0 Å². The predicted octanol–water partition coefficient (Wildman–Crippen LogP) is 3.07. The molecule has 0 unspecified atom stereocenters. The van der Waals surface area contributed by atoms with E-state index in [1.807, 2.05) is 0 Å². The first-order valence-electron chi connectivity index (χ1n) is 6.47. The van der Waals surface area contributed by atoms with Crippen LogP contribution in [0.4, 0.5) is 4.39 Å². The molecule has 2 aromatic heterocycles. The molecule has 0 aliphatic carbocycles. The van der Waals surface area contributed by atoms with Crippen molar-refractivity contribution in [1.82, 2.24) is 9.55 Å². The van der Waals surface area contributed by atoms with Gasteiger partial charge in [-0.05, 0) is 30.3 Å². The van der Waals surface area contributed by atoms with Crippen molar-refractivity contribution in [2.45, 2.75) is 6.61 Å². The van der Waals surface area contributed by atoms with Gasteiger partial charge in [0.05, 0.1) is 5.52 Å². The molecule has 0 bridgehead atoms. The van der Waals surface area contributed by atoms with Crippen molar-refractivity contribution in [2.24, 2.45) is 7.05 Å². The van der Waals surface area contributed by atoms with Crippen LogP contribution in [0.1, 0.15) is 16.1 Å². The van der Waals surface area contributed by atoms with Crippen LogP contribution in [0.3, 0.4) is 0 Å². The van der Waals surface area contributed by atoms with Gasteiger partial charge in [-0.15, -0.1) is 0 Å². The maximum Gasteiger partial charge on any atom is 0.355 e. The third-order valence-electron chi connectivity index (χ3n) is 3.31. The predicted molar refractivity (Wildman–Crippen MR) is 76.2 cm³/mol. The van der Waals surface area contributed by atoms with Crippen LogP contribution in [0.15, 0.2) is 48.8 Å². The lowest BCUT2D eigenvalue weighted by Gasteiger charge is -2.08. The molecule has 0 atom stereocenters. The zero-order chi connectivity index (χ0) is 14.8. The Balaban J connectivity index is 1.85. The number of hydrogen-bond donors (Lipinski definition) is 0. The SMILES string of the molecule is Cn1cccc1C(=O)OCc1ccc(F)c2cccnc12. The van der Waals surface area contributed by atoms with E-state index in [0.717, 1.165) is 0 Å². The largest absolute Gasteiger partial charge is 0.456 e. The summed E-state index contributed by atoms with van der Waals surface area (Å²) < 4.78 is 20.7. The van der Waals surface area contributed by atoms with Crippen molar-refractivity contribution < 1.29 is 13.9 Å². The summed E-state index contributed by atoms with van der Waals surface area (Å²) in [6.45, 7) is 0.0534. The first-order valence-corrected chi connectivity index (χ1v) is 6.47. The second kappa shape index (κ2) is 5.36. The highest BCUT2D eigenvalue weighted by atomic mass is 19.1. The fraction of sp³-hybridized carbons (Fsp3) is 0.125. The summed E-state index contributed by atoms with van der Waals surface area (Å²) in [4.78, 5) is 16.1. The maximum absolute atomic E-state index is 13.7. The molecule has 2 heterocycles. The summed E-state index contributed by atoms with van der Waals surface area (Å²) >= 11 is 0. The lowest BCUT2D eigenvalue weighted by Crippen LogP contribution is -2.10. The first-order chi connectivity index (χ1) is 10.2. The quantitative estimate of drug-likeness (QED) is 0.694. The maximum atomic E-state index is 13.7. The zero-order valence-electron chi connectivity index (χ0n) is 11.4. The zero-order valence-corrected chi connectivity index (χ0v) is 11.4. The van der Waals surface area contributed by atoms with Crippen molar-refractivity contribution in [3.63, 3.8) is 0 Å². The molecule has 0 N–H and O–H groups in total. The van der Waals surface area contributed by atoms with Crippen LogP contribution >= 0.6 is 0 Å². The summed E-state index contributed by atoms with van der Waals surface area (Å²) in [5.74, 6) is -0.758. The summed E-state index contributed by atoms with van der Waals surface area (Å²) in [5, 5.41) is 0.421. The van der Waals surface area contributed by atoms with E-state index in [1.165, 1.54) is 6.07 Å². The van der Waals surface area contributed by atoms with E-state index in [1.54, 1.807) is 54.3 Å². The lowest BCUT2D eigenvalue weighted by molar-refractivity contribution is 0.0463. The molecule has 1 aromatic carbocycles. The van der Waals surface area contributed by atoms with Gasteiger partial charge in [-0.25, -0.2) is 9.18 Å². The lowest BCUT2D eigenvalue weighted by atomic mass is 10.1. The molecule has 0 spiro atoms. The van der Waals surface area contributed by atoms with Gasteiger partial charge in [0, 0.05) is 30.4 Å². The van der Waals surface area contributed by atoms with Gasteiger partial charge < -0.3 is 9.30 Å². The van der Waals surface area contributed by atoms with Gasteiger partial charge in [-0.3, -0.25) is 4.98 Å². The number of benzene rings is 1. The smallest absolute Gasteiger partial charge is 0.355 e. The van der Waals surface area contributed by atoms with Crippen LogP contribution < -0.4 is 0 Å². The number of fused-ring (bicyclic) bond motifs is 1. The molecular weight excluding hydrogens is 271 g/mol. The number of esters is 1. The van der Waals surface area contributed by atoms with Gasteiger partial charge >= 0.3 is 5.97 Å². The highest BCUT2D eigenvalue weighted by molar-refractivity contribution is 5.88. The Bertz CT molecular complexity index is 811. The average Bonchev–Trinajstić information content (AvgIpc) is 2.93. The molecule has 0 radical (unpaired) electrons. The number of rotatable bonds is 3. The Morgan fingerprint density at radius 1 is 1.29 bits per heavy atom. The molecule has 0 amide bonds. The second-order valence-corrected chi connectivity index (χ2v) is 4.69. The average molecular weight is 284 g/mol. The monoisotopic (exact) mass is 284 g/mol. The van der Waals surface area contributed by atoms with Crippen molar-refractivity contribution in [3.05, 3.63) is 65.9 Å². The number of ether oxygens (including phenoxy) is 1. The minimum atomic E-state index is -0.420. The normalized spacial score (nSPS) is 10.8. The van der Waals surface area contributed by atoms with E-state index in [2.05, 4.69) is 4.98 Å².